The Morgan fingerprint density at radius 1 is 1.44 bits per heavy atom. The number of fused-ring (bicyclic) bond motifs is 1. The lowest BCUT2D eigenvalue weighted by atomic mass is 10.0. The molecule has 1 unspecified atom stereocenters. The normalized spacial score (nSPS) is 20.3. The van der Waals surface area contributed by atoms with Crippen molar-refractivity contribution in [3.63, 3.8) is 0 Å². The molecule has 18 heavy (non-hydrogen) atoms. The maximum Gasteiger partial charge on any atom is 0.226 e. The third kappa shape index (κ3) is 1.87. The third-order valence-corrected chi connectivity index (χ3v) is 3.47. The van der Waals surface area contributed by atoms with Crippen LogP contribution in [0.5, 0.6) is 0 Å². The molecule has 1 fully saturated rings. The summed E-state index contributed by atoms with van der Waals surface area (Å²) in [4.78, 5) is 11.3. The Bertz CT molecular complexity index is 548. The second-order valence-corrected chi connectivity index (χ2v) is 4.95. The minimum absolute atomic E-state index is 0.639. The number of hydrogen-bond acceptors (Lipinski definition) is 5. The number of H-pyrrole nitrogens is 1. The summed E-state index contributed by atoms with van der Waals surface area (Å²) in [7, 11) is 1.83. The van der Waals surface area contributed by atoms with Gasteiger partial charge in [0.05, 0.1) is 11.6 Å². The molecule has 0 spiro atoms. The Morgan fingerprint density at radius 3 is 3.11 bits per heavy atom. The second kappa shape index (κ2) is 4.44. The third-order valence-electron chi connectivity index (χ3n) is 3.47. The number of aromatic nitrogens is 4. The molecular weight excluding hydrogens is 228 g/mol. The summed E-state index contributed by atoms with van der Waals surface area (Å²) < 4.78 is 0. The van der Waals surface area contributed by atoms with Gasteiger partial charge in [-0.1, -0.05) is 6.92 Å². The van der Waals surface area contributed by atoms with Crippen molar-refractivity contribution in [1.82, 2.24) is 20.2 Å². The van der Waals surface area contributed by atoms with E-state index in [9.17, 15) is 0 Å². The maximum absolute atomic E-state index is 4.59. The Morgan fingerprint density at radius 2 is 2.33 bits per heavy atom. The van der Waals surface area contributed by atoms with Crippen molar-refractivity contribution in [3.05, 3.63) is 6.20 Å². The van der Waals surface area contributed by atoms with Crippen molar-refractivity contribution >= 4 is 22.8 Å². The molecule has 2 aromatic rings. The van der Waals surface area contributed by atoms with Crippen LogP contribution in [-0.2, 0) is 0 Å². The Labute approximate surface area is 106 Å². The summed E-state index contributed by atoms with van der Waals surface area (Å²) in [5, 5.41) is 11.0. The molecule has 3 rings (SSSR count). The topological polar surface area (TPSA) is 69.7 Å². The molecule has 0 aliphatic carbocycles. The van der Waals surface area contributed by atoms with Gasteiger partial charge >= 0.3 is 0 Å². The molecule has 0 radical (unpaired) electrons. The molecule has 0 aromatic carbocycles. The monoisotopic (exact) mass is 246 g/mol. The van der Waals surface area contributed by atoms with Gasteiger partial charge in [0.15, 0.2) is 5.65 Å². The van der Waals surface area contributed by atoms with Crippen LogP contribution in [0.3, 0.4) is 0 Å². The quantitative estimate of drug-likeness (QED) is 0.843. The molecule has 6 nitrogen and oxygen atoms in total. The van der Waals surface area contributed by atoms with Crippen LogP contribution < -0.4 is 10.2 Å². The van der Waals surface area contributed by atoms with Crippen LogP contribution in [0.15, 0.2) is 6.20 Å². The van der Waals surface area contributed by atoms with Gasteiger partial charge in [-0.3, -0.25) is 5.10 Å². The molecule has 0 saturated carbocycles. The van der Waals surface area contributed by atoms with E-state index in [1.807, 2.05) is 13.2 Å². The highest BCUT2D eigenvalue weighted by Gasteiger charge is 2.21. The highest BCUT2D eigenvalue weighted by Crippen LogP contribution is 2.27. The van der Waals surface area contributed by atoms with Gasteiger partial charge in [-0.05, 0) is 18.8 Å². The molecule has 96 valence electrons. The van der Waals surface area contributed by atoms with Crippen molar-refractivity contribution in [2.75, 3.05) is 30.4 Å². The molecular formula is C12H18N6. The highest BCUT2D eigenvalue weighted by atomic mass is 15.3. The van der Waals surface area contributed by atoms with E-state index in [0.29, 0.717) is 11.9 Å². The van der Waals surface area contributed by atoms with E-state index >= 15 is 0 Å². The highest BCUT2D eigenvalue weighted by molar-refractivity contribution is 5.87. The van der Waals surface area contributed by atoms with Crippen molar-refractivity contribution < 1.29 is 0 Å². The van der Waals surface area contributed by atoms with E-state index in [1.54, 1.807) is 0 Å². The largest absolute Gasteiger partial charge is 0.357 e. The lowest BCUT2D eigenvalue weighted by Gasteiger charge is -2.32. The summed E-state index contributed by atoms with van der Waals surface area (Å²) in [6.45, 7) is 4.41. The van der Waals surface area contributed by atoms with Gasteiger partial charge in [-0.25, -0.2) is 0 Å². The fraction of sp³-hybridized carbons (Fsp3) is 0.583. The number of nitrogens with zero attached hydrogens (tertiary/aromatic N) is 4. The van der Waals surface area contributed by atoms with Crippen LogP contribution in [-0.4, -0.2) is 40.3 Å². The first-order valence-corrected chi connectivity index (χ1v) is 6.41. The number of anilines is 2. The van der Waals surface area contributed by atoms with Crippen LogP contribution in [0.1, 0.15) is 19.8 Å². The van der Waals surface area contributed by atoms with Crippen LogP contribution in [0.2, 0.25) is 0 Å². The van der Waals surface area contributed by atoms with Crippen LogP contribution in [0.25, 0.3) is 11.0 Å². The summed E-state index contributed by atoms with van der Waals surface area (Å²) in [5.74, 6) is 2.35. The fourth-order valence-electron chi connectivity index (χ4n) is 2.55. The number of piperidine rings is 1. The van der Waals surface area contributed by atoms with E-state index in [1.165, 1.54) is 12.8 Å². The van der Waals surface area contributed by atoms with Crippen molar-refractivity contribution in [2.45, 2.75) is 19.8 Å². The van der Waals surface area contributed by atoms with E-state index in [-0.39, 0.29) is 0 Å². The summed E-state index contributed by atoms with van der Waals surface area (Å²) in [5.41, 5.74) is 0.794. The fourth-order valence-corrected chi connectivity index (χ4v) is 2.55. The van der Waals surface area contributed by atoms with Crippen LogP contribution >= 0.6 is 0 Å². The van der Waals surface area contributed by atoms with Gasteiger partial charge in [0.25, 0.3) is 0 Å². The number of nitrogens with one attached hydrogen (secondary N) is 2. The summed E-state index contributed by atoms with van der Waals surface area (Å²) >= 11 is 0. The van der Waals surface area contributed by atoms with Crippen LogP contribution in [0.4, 0.5) is 11.8 Å². The van der Waals surface area contributed by atoms with E-state index < -0.39 is 0 Å². The molecule has 1 aliphatic rings. The van der Waals surface area contributed by atoms with E-state index in [2.05, 4.69) is 37.3 Å². The molecule has 0 bridgehead atoms. The predicted octanol–water partition coefficient (Wildman–Crippen LogP) is 1.63. The Balaban J connectivity index is 2.05. The Hall–Kier alpha value is -1.85. The lowest BCUT2D eigenvalue weighted by Crippen LogP contribution is -2.35. The van der Waals surface area contributed by atoms with Crippen molar-refractivity contribution in [1.29, 1.82) is 0 Å². The zero-order valence-corrected chi connectivity index (χ0v) is 10.8. The Kier molecular flexibility index (Phi) is 2.77. The number of aromatic amines is 1. The zero-order valence-electron chi connectivity index (χ0n) is 10.8. The molecule has 0 amide bonds. The minimum Gasteiger partial charge on any atom is -0.357 e. The maximum atomic E-state index is 4.59. The van der Waals surface area contributed by atoms with Crippen molar-refractivity contribution in [2.24, 2.45) is 5.92 Å². The van der Waals surface area contributed by atoms with Crippen LogP contribution in [0, 0.1) is 5.92 Å². The average Bonchev–Trinajstić information content (AvgIpc) is 2.85. The summed E-state index contributed by atoms with van der Waals surface area (Å²) in [6, 6.07) is 0. The molecule has 2 aromatic heterocycles. The standard InChI is InChI=1S/C12H18N6/c1-8-4-3-5-18(7-8)11-9-6-14-17-10(9)15-12(13-2)16-11/h6,8H,3-5,7H2,1-2H3,(H2,13,14,15,16,17). The molecule has 1 atom stereocenters. The van der Waals surface area contributed by atoms with E-state index in [0.717, 1.165) is 29.9 Å². The molecule has 1 saturated heterocycles. The first-order valence-electron chi connectivity index (χ1n) is 6.41. The molecule has 3 heterocycles. The van der Waals surface area contributed by atoms with Gasteiger partial charge < -0.3 is 10.2 Å². The first kappa shape index (κ1) is 11.3. The van der Waals surface area contributed by atoms with Gasteiger partial charge in [0.2, 0.25) is 5.95 Å². The molecule has 2 N–H and O–H groups in total. The van der Waals surface area contributed by atoms with Crippen molar-refractivity contribution in [3.8, 4) is 0 Å². The SMILES string of the molecule is CNc1nc(N2CCCC(C)C2)c2cn[nH]c2n1. The van der Waals surface area contributed by atoms with Gasteiger partial charge in [-0.15, -0.1) is 0 Å². The minimum atomic E-state index is 0.639. The first-order chi connectivity index (χ1) is 8.78. The molecule has 6 heteroatoms. The number of rotatable bonds is 2. The second-order valence-electron chi connectivity index (χ2n) is 4.95. The summed E-state index contributed by atoms with van der Waals surface area (Å²) in [6.07, 6.45) is 4.33. The number of hydrogen-bond donors (Lipinski definition) is 2. The molecule has 1 aliphatic heterocycles. The zero-order chi connectivity index (χ0) is 12.5. The predicted molar refractivity (Wildman–Crippen MR) is 71.8 cm³/mol. The lowest BCUT2D eigenvalue weighted by molar-refractivity contribution is 0.445. The van der Waals surface area contributed by atoms with Gasteiger partial charge in [-0.2, -0.15) is 15.1 Å². The smallest absolute Gasteiger partial charge is 0.226 e. The van der Waals surface area contributed by atoms with Gasteiger partial charge in [0.1, 0.15) is 5.82 Å². The van der Waals surface area contributed by atoms with Gasteiger partial charge in [0, 0.05) is 20.1 Å². The average molecular weight is 246 g/mol. The van der Waals surface area contributed by atoms with E-state index in [4.69, 9.17) is 0 Å².